The van der Waals surface area contributed by atoms with E-state index in [1.54, 1.807) is 13.2 Å². The number of benzene rings is 1. The number of nitrogen functional groups attached to an aromatic ring is 1. The van der Waals surface area contributed by atoms with Crippen molar-refractivity contribution in [2.75, 3.05) is 38.5 Å². The normalized spacial score (nSPS) is 10.5. The highest BCUT2D eigenvalue weighted by Gasteiger charge is 2.04. The molecule has 0 atom stereocenters. The van der Waals surface area contributed by atoms with Crippen molar-refractivity contribution in [1.82, 2.24) is 0 Å². The lowest BCUT2D eigenvalue weighted by Crippen LogP contribution is -2.05. The van der Waals surface area contributed by atoms with Crippen molar-refractivity contribution >= 4 is 17.3 Å². The van der Waals surface area contributed by atoms with Gasteiger partial charge in [-0.05, 0) is 18.2 Å². The van der Waals surface area contributed by atoms with E-state index in [1.807, 2.05) is 12.1 Å². The summed E-state index contributed by atoms with van der Waals surface area (Å²) in [5.74, 6) is 1.21. The number of halogens is 1. The Morgan fingerprint density at radius 3 is 2.76 bits per heavy atom. The zero-order valence-corrected chi connectivity index (χ0v) is 10.7. The molecule has 5 heteroatoms. The van der Waals surface area contributed by atoms with Gasteiger partial charge in [0.1, 0.15) is 12.4 Å². The number of methoxy groups -OCH3 is 1. The van der Waals surface area contributed by atoms with Crippen LogP contribution in [0.1, 0.15) is 5.56 Å². The Hall–Kier alpha value is -0.970. The second-order valence-corrected chi connectivity index (χ2v) is 3.83. The molecule has 0 aliphatic carbocycles. The van der Waals surface area contributed by atoms with Crippen LogP contribution in [0.2, 0.25) is 0 Å². The first-order valence-electron chi connectivity index (χ1n) is 5.41. The lowest BCUT2D eigenvalue weighted by molar-refractivity contribution is 0.0606. The molecule has 0 spiro atoms. The first-order chi connectivity index (χ1) is 8.27. The molecule has 0 unspecified atom stereocenters. The van der Waals surface area contributed by atoms with E-state index in [0.29, 0.717) is 38.0 Å². The molecule has 96 valence electrons. The highest BCUT2D eigenvalue weighted by Crippen LogP contribution is 2.22. The van der Waals surface area contributed by atoms with E-state index >= 15 is 0 Å². The average Bonchev–Trinajstić information content (AvgIpc) is 2.33. The van der Waals surface area contributed by atoms with Crippen molar-refractivity contribution in [3.8, 4) is 5.75 Å². The maximum absolute atomic E-state index is 5.72. The van der Waals surface area contributed by atoms with Crippen LogP contribution in [0.15, 0.2) is 18.2 Å². The molecule has 0 fully saturated rings. The van der Waals surface area contributed by atoms with Gasteiger partial charge in [-0.3, -0.25) is 0 Å². The summed E-state index contributed by atoms with van der Waals surface area (Å²) in [5, 5.41) is 0. The fourth-order valence-corrected chi connectivity index (χ4v) is 1.40. The van der Waals surface area contributed by atoms with E-state index in [1.165, 1.54) is 0 Å². The van der Waals surface area contributed by atoms with E-state index in [2.05, 4.69) is 0 Å². The Kier molecular flexibility index (Phi) is 6.77. The molecule has 0 heterocycles. The summed E-state index contributed by atoms with van der Waals surface area (Å²) in [5.41, 5.74) is 7.34. The molecule has 1 aromatic rings. The number of anilines is 1. The molecule has 1 rings (SSSR count). The summed E-state index contributed by atoms with van der Waals surface area (Å²) in [6, 6.07) is 5.47. The van der Waals surface area contributed by atoms with Crippen molar-refractivity contribution in [2.45, 2.75) is 6.61 Å². The summed E-state index contributed by atoms with van der Waals surface area (Å²) in [7, 11) is 1.64. The minimum atomic E-state index is 0.450. The van der Waals surface area contributed by atoms with Crippen LogP contribution in [0.25, 0.3) is 0 Å². The van der Waals surface area contributed by atoms with Crippen LogP contribution in [-0.4, -0.2) is 32.8 Å². The third-order valence-corrected chi connectivity index (χ3v) is 2.26. The van der Waals surface area contributed by atoms with Crippen molar-refractivity contribution in [3.05, 3.63) is 23.8 Å². The molecule has 4 nitrogen and oxygen atoms in total. The number of hydrogen-bond donors (Lipinski definition) is 1. The fraction of sp³-hybridized carbons (Fsp3) is 0.500. The molecule has 0 radical (unpaired) electrons. The summed E-state index contributed by atoms with van der Waals surface area (Å²) in [6.45, 7) is 2.03. The van der Waals surface area contributed by atoms with Crippen LogP contribution in [-0.2, 0) is 16.1 Å². The van der Waals surface area contributed by atoms with Gasteiger partial charge in [-0.2, -0.15) is 0 Å². The Balaban J connectivity index is 2.56. The molecule has 2 N–H and O–H groups in total. The minimum Gasteiger partial charge on any atom is -0.492 e. The van der Waals surface area contributed by atoms with Crippen molar-refractivity contribution in [1.29, 1.82) is 0 Å². The zero-order valence-electron chi connectivity index (χ0n) is 9.95. The highest BCUT2D eigenvalue weighted by molar-refractivity contribution is 6.18. The molecule has 0 bridgehead atoms. The van der Waals surface area contributed by atoms with Gasteiger partial charge >= 0.3 is 0 Å². The van der Waals surface area contributed by atoms with E-state index in [4.69, 9.17) is 31.5 Å². The number of nitrogens with two attached hydrogens (primary N) is 1. The lowest BCUT2D eigenvalue weighted by atomic mass is 10.2. The quantitative estimate of drug-likeness (QED) is 0.441. The summed E-state index contributed by atoms with van der Waals surface area (Å²) in [6.07, 6.45) is 0. The standard InChI is InChI=1S/C12H18ClNO3/c1-15-6-7-16-9-10-8-11(14)2-3-12(10)17-5-4-13/h2-3,8H,4-7,9,14H2,1H3. The minimum absolute atomic E-state index is 0.450. The van der Waals surface area contributed by atoms with E-state index in [-0.39, 0.29) is 0 Å². The average molecular weight is 260 g/mol. The van der Waals surface area contributed by atoms with Crippen LogP contribution in [0, 0.1) is 0 Å². The third kappa shape index (κ3) is 5.26. The molecule has 0 aliphatic rings. The lowest BCUT2D eigenvalue weighted by Gasteiger charge is -2.11. The predicted molar refractivity (Wildman–Crippen MR) is 68.6 cm³/mol. The van der Waals surface area contributed by atoms with Gasteiger partial charge in [-0.15, -0.1) is 11.6 Å². The smallest absolute Gasteiger partial charge is 0.125 e. The zero-order chi connectivity index (χ0) is 12.5. The first kappa shape index (κ1) is 14.1. The molecule has 1 aromatic carbocycles. The number of rotatable bonds is 8. The summed E-state index contributed by atoms with van der Waals surface area (Å²) >= 11 is 5.58. The van der Waals surface area contributed by atoms with E-state index in [0.717, 1.165) is 11.3 Å². The van der Waals surface area contributed by atoms with Crippen LogP contribution in [0.3, 0.4) is 0 Å². The monoisotopic (exact) mass is 259 g/mol. The largest absolute Gasteiger partial charge is 0.492 e. The number of alkyl halides is 1. The number of ether oxygens (including phenoxy) is 3. The topological polar surface area (TPSA) is 53.7 Å². The van der Waals surface area contributed by atoms with Crippen molar-refractivity contribution < 1.29 is 14.2 Å². The fourth-order valence-electron chi connectivity index (χ4n) is 1.33. The van der Waals surface area contributed by atoms with Crippen molar-refractivity contribution in [2.24, 2.45) is 0 Å². The molecule has 0 saturated carbocycles. The molecular weight excluding hydrogens is 242 g/mol. The summed E-state index contributed by atoms with van der Waals surface area (Å²) in [4.78, 5) is 0. The van der Waals surface area contributed by atoms with E-state index in [9.17, 15) is 0 Å². The third-order valence-electron chi connectivity index (χ3n) is 2.11. The molecular formula is C12H18ClNO3. The van der Waals surface area contributed by atoms with Gasteiger partial charge in [-0.25, -0.2) is 0 Å². The van der Waals surface area contributed by atoms with Crippen LogP contribution in [0.5, 0.6) is 5.75 Å². The molecule has 0 amide bonds. The molecule has 17 heavy (non-hydrogen) atoms. The van der Waals surface area contributed by atoms with Crippen LogP contribution in [0.4, 0.5) is 5.69 Å². The Bertz CT molecular complexity index is 334. The van der Waals surface area contributed by atoms with Crippen LogP contribution < -0.4 is 10.5 Å². The van der Waals surface area contributed by atoms with E-state index < -0.39 is 0 Å². The molecule has 0 aromatic heterocycles. The Labute approximate surface area is 107 Å². The highest BCUT2D eigenvalue weighted by atomic mass is 35.5. The van der Waals surface area contributed by atoms with Gasteiger partial charge in [-0.1, -0.05) is 0 Å². The molecule has 0 aliphatic heterocycles. The predicted octanol–water partition coefficient (Wildman–Crippen LogP) is 2.05. The second-order valence-electron chi connectivity index (χ2n) is 3.45. The SMILES string of the molecule is COCCOCc1cc(N)ccc1OCCCl. The van der Waals surface area contributed by atoms with Gasteiger partial charge in [0, 0.05) is 18.4 Å². The summed E-state index contributed by atoms with van der Waals surface area (Å²) < 4.78 is 15.8. The van der Waals surface area contributed by atoms with Gasteiger partial charge in [0.05, 0.1) is 25.7 Å². The second kappa shape index (κ2) is 8.17. The van der Waals surface area contributed by atoms with Crippen LogP contribution >= 0.6 is 11.6 Å². The van der Waals surface area contributed by atoms with Gasteiger partial charge in [0.15, 0.2) is 0 Å². The first-order valence-corrected chi connectivity index (χ1v) is 5.95. The van der Waals surface area contributed by atoms with Gasteiger partial charge in [0.25, 0.3) is 0 Å². The Morgan fingerprint density at radius 1 is 1.24 bits per heavy atom. The maximum Gasteiger partial charge on any atom is 0.125 e. The molecule has 0 saturated heterocycles. The van der Waals surface area contributed by atoms with Gasteiger partial charge in [0.2, 0.25) is 0 Å². The maximum atomic E-state index is 5.72. The van der Waals surface area contributed by atoms with Crippen molar-refractivity contribution in [3.63, 3.8) is 0 Å². The van der Waals surface area contributed by atoms with Gasteiger partial charge < -0.3 is 19.9 Å². The Morgan fingerprint density at radius 2 is 2.06 bits per heavy atom. The number of hydrogen-bond acceptors (Lipinski definition) is 4.